The highest BCUT2D eigenvalue weighted by Crippen LogP contribution is 2.37. The molecule has 0 spiro atoms. The molecule has 32 heavy (non-hydrogen) atoms. The molecule has 4 rings (SSSR count). The van der Waals surface area contributed by atoms with Gasteiger partial charge in [0.2, 0.25) is 0 Å². The van der Waals surface area contributed by atoms with Crippen LogP contribution >= 0.6 is 11.6 Å². The number of nitrogens with zero attached hydrogens (tertiary/aromatic N) is 3. The number of hydrogen-bond acceptors (Lipinski definition) is 4. The van der Waals surface area contributed by atoms with Crippen molar-refractivity contribution in [2.75, 3.05) is 13.1 Å². The van der Waals surface area contributed by atoms with Gasteiger partial charge in [-0.15, -0.1) is 0 Å². The van der Waals surface area contributed by atoms with Crippen molar-refractivity contribution in [1.82, 2.24) is 19.5 Å². The number of benzene rings is 1. The van der Waals surface area contributed by atoms with Crippen LogP contribution in [0.1, 0.15) is 50.8 Å². The maximum absolute atomic E-state index is 13.2. The van der Waals surface area contributed by atoms with Crippen LogP contribution in [0.2, 0.25) is 5.02 Å². The molecule has 1 aliphatic heterocycles. The normalized spacial score (nSPS) is 16.2. The van der Waals surface area contributed by atoms with Crippen LogP contribution in [0.25, 0.3) is 16.6 Å². The van der Waals surface area contributed by atoms with Gasteiger partial charge in [0, 0.05) is 25.1 Å². The maximum atomic E-state index is 13.2. The Kier molecular flexibility index (Phi) is 5.39. The van der Waals surface area contributed by atoms with E-state index in [0.29, 0.717) is 31.6 Å². The topological polar surface area (TPSA) is 79.7 Å². The number of ether oxygens (including phenoxy) is 1. The standard InChI is InChI=1S/C21H22ClF3N4O3/c1-20(2,3)32-19(31)28-6-4-11(5-7-28)15-10-16(30)26-18-17-13(22)8-12(21(23,24)25)9-14(17)27-29(15)18/h8-11H,4-7H2,1-3H3,(H,26,30). The average Bonchev–Trinajstić information content (AvgIpc) is 3.04. The summed E-state index contributed by atoms with van der Waals surface area (Å²) in [5.41, 5.74) is -1.06. The van der Waals surface area contributed by atoms with Crippen molar-refractivity contribution >= 4 is 34.2 Å². The molecule has 1 aliphatic rings. The van der Waals surface area contributed by atoms with E-state index >= 15 is 0 Å². The summed E-state index contributed by atoms with van der Waals surface area (Å²) in [7, 11) is 0. The van der Waals surface area contributed by atoms with Gasteiger partial charge in [0.05, 0.1) is 27.2 Å². The summed E-state index contributed by atoms with van der Waals surface area (Å²) >= 11 is 6.15. The van der Waals surface area contributed by atoms with Crippen molar-refractivity contribution in [3.05, 3.63) is 44.8 Å². The summed E-state index contributed by atoms with van der Waals surface area (Å²) in [6, 6.07) is 3.14. The number of amides is 1. The minimum Gasteiger partial charge on any atom is -0.444 e. The predicted octanol–water partition coefficient (Wildman–Crippen LogP) is 4.96. The lowest BCUT2D eigenvalue weighted by molar-refractivity contribution is -0.137. The maximum Gasteiger partial charge on any atom is 0.416 e. The molecule has 0 unspecified atom stereocenters. The Bertz CT molecular complexity index is 1250. The minimum atomic E-state index is -4.57. The summed E-state index contributed by atoms with van der Waals surface area (Å²) in [4.78, 5) is 28.9. The van der Waals surface area contributed by atoms with Crippen LogP contribution in [0.4, 0.5) is 18.0 Å². The number of halogens is 4. The molecule has 0 aliphatic carbocycles. The number of piperidine rings is 1. The molecule has 3 heterocycles. The highest BCUT2D eigenvalue weighted by molar-refractivity contribution is 6.36. The fraction of sp³-hybridized carbons (Fsp3) is 0.476. The molecule has 1 N–H and O–H groups in total. The second-order valence-corrected chi connectivity index (χ2v) is 9.32. The number of carbonyl (C=O) groups excluding carboxylic acids is 1. The number of aromatic amines is 1. The molecule has 3 aromatic rings. The number of nitrogens with one attached hydrogen (secondary N) is 1. The van der Waals surface area contributed by atoms with Gasteiger partial charge in [-0.25, -0.2) is 9.31 Å². The Morgan fingerprint density at radius 2 is 1.84 bits per heavy atom. The van der Waals surface area contributed by atoms with Crippen LogP contribution < -0.4 is 5.56 Å². The largest absolute Gasteiger partial charge is 0.444 e. The zero-order valence-electron chi connectivity index (χ0n) is 17.7. The van der Waals surface area contributed by atoms with Crippen molar-refractivity contribution in [1.29, 1.82) is 0 Å². The van der Waals surface area contributed by atoms with Gasteiger partial charge in [-0.1, -0.05) is 11.6 Å². The number of alkyl halides is 3. The van der Waals surface area contributed by atoms with Crippen LogP contribution in [0, 0.1) is 0 Å². The number of hydrogen-bond donors (Lipinski definition) is 1. The fourth-order valence-corrected chi connectivity index (χ4v) is 4.26. The van der Waals surface area contributed by atoms with Crippen molar-refractivity contribution < 1.29 is 22.7 Å². The summed E-state index contributed by atoms with van der Waals surface area (Å²) < 4.78 is 46.4. The van der Waals surface area contributed by atoms with Crippen LogP contribution in [0.5, 0.6) is 0 Å². The molecule has 172 valence electrons. The molecule has 0 radical (unpaired) electrons. The van der Waals surface area contributed by atoms with E-state index < -0.39 is 29.0 Å². The number of carbonyl (C=O) groups is 1. The fourth-order valence-electron chi connectivity index (χ4n) is 3.96. The van der Waals surface area contributed by atoms with E-state index in [4.69, 9.17) is 16.3 Å². The van der Waals surface area contributed by atoms with Gasteiger partial charge in [0.25, 0.3) is 5.56 Å². The molecule has 0 saturated carbocycles. The summed E-state index contributed by atoms with van der Waals surface area (Å²) in [5, 5.41) is 4.44. The van der Waals surface area contributed by atoms with E-state index in [1.165, 1.54) is 10.6 Å². The van der Waals surface area contributed by atoms with E-state index in [9.17, 15) is 22.8 Å². The van der Waals surface area contributed by atoms with E-state index in [1.54, 1.807) is 25.7 Å². The highest BCUT2D eigenvalue weighted by Gasteiger charge is 2.33. The van der Waals surface area contributed by atoms with Crippen LogP contribution in [-0.2, 0) is 10.9 Å². The third-order valence-electron chi connectivity index (χ3n) is 5.38. The second-order valence-electron chi connectivity index (χ2n) is 8.91. The third-order valence-corrected chi connectivity index (χ3v) is 5.68. The van der Waals surface area contributed by atoms with Crippen LogP contribution in [0.3, 0.4) is 0 Å². The third kappa shape index (κ3) is 4.28. The van der Waals surface area contributed by atoms with Gasteiger partial charge in [-0.05, 0) is 45.7 Å². The monoisotopic (exact) mass is 470 g/mol. The molecule has 7 nitrogen and oxygen atoms in total. The first-order valence-electron chi connectivity index (χ1n) is 10.1. The van der Waals surface area contributed by atoms with E-state index in [1.807, 2.05) is 0 Å². The lowest BCUT2D eigenvalue weighted by Crippen LogP contribution is -2.41. The Balaban J connectivity index is 1.70. The van der Waals surface area contributed by atoms with E-state index in [0.717, 1.165) is 12.1 Å². The first kappa shape index (κ1) is 22.4. The molecule has 1 fully saturated rings. The Morgan fingerprint density at radius 3 is 2.44 bits per heavy atom. The van der Waals surface area contributed by atoms with Crippen LogP contribution in [0.15, 0.2) is 23.0 Å². The zero-order valence-corrected chi connectivity index (χ0v) is 18.5. The van der Waals surface area contributed by atoms with E-state index in [-0.39, 0.29) is 27.5 Å². The quantitative estimate of drug-likeness (QED) is 0.545. The molecule has 11 heteroatoms. The van der Waals surface area contributed by atoms with Crippen molar-refractivity contribution in [2.24, 2.45) is 0 Å². The van der Waals surface area contributed by atoms with Gasteiger partial charge in [-0.3, -0.25) is 4.79 Å². The van der Waals surface area contributed by atoms with Crippen molar-refractivity contribution in [2.45, 2.75) is 51.3 Å². The lowest BCUT2D eigenvalue weighted by Gasteiger charge is -2.33. The van der Waals surface area contributed by atoms with Gasteiger partial charge in [-0.2, -0.15) is 18.3 Å². The first-order valence-corrected chi connectivity index (χ1v) is 10.5. The van der Waals surface area contributed by atoms with Gasteiger partial charge < -0.3 is 14.6 Å². The lowest BCUT2D eigenvalue weighted by atomic mass is 9.93. The summed E-state index contributed by atoms with van der Waals surface area (Å²) in [6.45, 7) is 6.23. The molecule has 0 bridgehead atoms. The molecule has 1 amide bonds. The molecular formula is C21H22ClF3N4O3. The molecule has 0 atom stereocenters. The first-order chi connectivity index (χ1) is 14.8. The van der Waals surface area contributed by atoms with E-state index in [2.05, 4.69) is 10.1 Å². The van der Waals surface area contributed by atoms with Gasteiger partial charge in [0.15, 0.2) is 0 Å². The summed E-state index contributed by atoms with van der Waals surface area (Å²) in [6.07, 6.45) is -3.87. The Hall–Kier alpha value is -2.75. The van der Waals surface area contributed by atoms with Gasteiger partial charge in [0.1, 0.15) is 11.2 Å². The number of H-pyrrole nitrogens is 1. The molecule has 1 aromatic carbocycles. The highest BCUT2D eigenvalue weighted by atomic mass is 35.5. The Labute approximate surface area is 186 Å². The summed E-state index contributed by atoms with van der Waals surface area (Å²) in [5.74, 6) is -0.117. The zero-order chi connectivity index (χ0) is 23.4. The minimum absolute atomic E-state index is 0.0408. The second kappa shape index (κ2) is 7.68. The smallest absolute Gasteiger partial charge is 0.416 e. The number of likely N-dealkylation sites (tertiary alicyclic amines) is 1. The average molecular weight is 471 g/mol. The number of fused-ring (bicyclic) bond motifs is 3. The number of aromatic nitrogens is 3. The van der Waals surface area contributed by atoms with Crippen molar-refractivity contribution in [3.63, 3.8) is 0 Å². The van der Waals surface area contributed by atoms with Gasteiger partial charge >= 0.3 is 12.3 Å². The molecule has 1 saturated heterocycles. The SMILES string of the molecule is CC(C)(C)OC(=O)N1CCC(c2cc(=O)[nH]c3c4c(Cl)cc(C(F)(F)F)cc4nn23)CC1. The van der Waals surface area contributed by atoms with Crippen molar-refractivity contribution in [3.8, 4) is 0 Å². The molecular weight excluding hydrogens is 449 g/mol. The Morgan fingerprint density at radius 1 is 1.19 bits per heavy atom. The number of rotatable bonds is 1. The van der Waals surface area contributed by atoms with Crippen LogP contribution in [-0.4, -0.2) is 44.3 Å². The molecule has 2 aromatic heterocycles. The predicted molar refractivity (Wildman–Crippen MR) is 113 cm³/mol.